The lowest BCUT2D eigenvalue weighted by atomic mass is 10.1. The van der Waals surface area contributed by atoms with Crippen LogP contribution in [0.4, 0.5) is 5.69 Å². The van der Waals surface area contributed by atoms with E-state index in [2.05, 4.69) is 17.3 Å². The smallest absolute Gasteiger partial charge is 0.231 e. The number of anilines is 1. The van der Waals surface area contributed by atoms with Gasteiger partial charge in [-0.05, 0) is 18.7 Å². The maximum Gasteiger partial charge on any atom is 0.231 e. The summed E-state index contributed by atoms with van der Waals surface area (Å²) in [4.78, 5) is 16.3. The number of piperazine rings is 1. The predicted molar refractivity (Wildman–Crippen MR) is 71.8 cm³/mol. The van der Waals surface area contributed by atoms with Crippen LogP contribution in [0.25, 0.3) is 0 Å². The maximum atomic E-state index is 12.1. The second-order valence-corrected chi connectivity index (χ2v) is 5.22. The molecule has 1 saturated heterocycles. The molecule has 0 spiro atoms. The SMILES string of the molecule is CN1CCNC(CN2C(=O)Cc3ccccc32)C1. The summed E-state index contributed by atoms with van der Waals surface area (Å²) < 4.78 is 0. The summed E-state index contributed by atoms with van der Waals surface area (Å²) in [5.74, 6) is 0.228. The molecule has 1 aromatic carbocycles. The second kappa shape index (κ2) is 4.71. The van der Waals surface area contributed by atoms with E-state index in [4.69, 9.17) is 0 Å². The first-order valence-corrected chi connectivity index (χ1v) is 6.54. The number of carbonyl (C=O) groups excluding carboxylic acids is 1. The van der Waals surface area contributed by atoms with Gasteiger partial charge < -0.3 is 15.1 Å². The van der Waals surface area contributed by atoms with Crippen molar-refractivity contribution in [3.63, 3.8) is 0 Å². The van der Waals surface area contributed by atoms with Gasteiger partial charge in [0.2, 0.25) is 5.91 Å². The molecule has 1 atom stereocenters. The molecule has 18 heavy (non-hydrogen) atoms. The second-order valence-electron chi connectivity index (χ2n) is 5.22. The van der Waals surface area contributed by atoms with E-state index in [1.54, 1.807) is 0 Å². The van der Waals surface area contributed by atoms with Gasteiger partial charge in [-0.25, -0.2) is 0 Å². The van der Waals surface area contributed by atoms with Crippen LogP contribution < -0.4 is 10.2 Å². The maximum absolute atomic E-state index is 12.1. The highest BCUT2D eigenvalue weighted by molar-refractivity contribution is 6.01. The molecular weight excluding hydrogens is 226 g/mol. The van der Waals surface area contributed by atoms with E-state index in [9.17, 15) is 4.79 Å². The van der Waals surface area contributed by atoms with Crippen molar-refractivity contribution < 1.29 is 4.79 Å². The van der Waals surface area contributed by atoms with Gasteiger partial charge >= 0.3 is 0 Å². The summed E-state index contributed by atoms with van der Waals surface area (Å²) in [6, 6.07) is 8.48. The lowest BCUT2D eigenvalue weighted by Crippen LogP contribution is -2.54. The molecule has 1 N–H and O–H groups in total. The van der Waals surface area contributed by atoms with E-state index >= 15 is 0 Å². The molecule has 0 radical (unpaired) electrons. The number of hydrogen-bond donors (Lipinski definition) is 1. The normalized spacial score (nSPS) is 24.4. The number of carbonyl (C=O) groups is 1. The number of nitrogens with one attached hydrogen (secondary N) is 1. The Bertz CT molecular complexity index is 460. The van der Waals surface area contributed by atoms with Crippen LogP contribution in [0.15, 0.2) is 24.3 Å². The van der Waals surface area contributed by atoms with Crippen molar-refractivity contribution >= 4 is 11.6 Å². The summed E-state index contributed by atoms with van der Waals surface area (Å²) in [6.07, 6.45) is 0.554. The molecule has 0 aliphatic carbocycles. The largest absolute Gasteiger partial charge is 0.310 e. The fourth-order valence-corrected chi connectivity index (χ4v) is 2.85. The van der Waals surface area contributed by atoms with Gasteiger partial charge in [0.1, 0.15) is 0 Å². The van der Waals surface area contributed by atoms with Crippen molar-refractivity contribution in [2.75, 3.05) is 38.1 Å². The van der Waals surface area contributed by atoms with Crippen molar-refractivity contribution in [3.05, 3.63) is 29.8 Å². The van der Waals surface area contributed by atoms with Crippen molar-refractivity contribution in [1.82, 2.24) is 10.2 Å². The minimum atomic E-state index is 0.228. The Morgan fingerprint density at radius 2 is 2.22 bits per heavy atom. The van der Waals surface area contributed by atoms with E-state index in [0.29, 0.717) is 12.5 Å². The molecular formula is C14H19N3O. The first-order valence-electron chi connectivity index (χ1n) is 6.54. The van der Waals surface area contributed by atoms with E-state index in [1.807, 2.05) is 29.2 Å². The topological polar surface area (TPSA) is 35.6 Å². The molecule has 2 heterocycles. The molecule has 0 aromatic heterocycles. The van der Waals surface area contributed by atoms with Crippen LogP contribution in [0.3, 0.4) is 0 Å². The van der Waals surface area contributed by atoms with E-state index in [0.717, 1.165) is 37.4 Å². The quantitative estimate of drug-likeness (QED) is 0.823. The van der Waals surface area contributed by atoms with Crippen LogP contribution in [-0.4, -0.2) is 50.1 Å². The van der Waals surface area contributed by atoms with Crippen LogP contribution in [0, 0.1) is 0 Å². The number of likely N-dealkylation sites (N-methyl/N-ethyl adjacent to an activating group) is 1. The molecule has 4 heteroatoms. The van der Waals surface area contributed by atoms with Gasteiger partial charge in [0.15, 0.2) is 0 Å². The fourth-order valence-electron chi connectivity index (χ4n) is 2.85. The first kappa shape index (κ1) is 11.7. The van der Waals surface area contributed by atoms with Gasteiger partial charge in [0.05, 0.1) is 6.42 Å². The zero-order valence-electron chi connectivity index (χ0n) is 10.7. The number of para-hydroxylation sites is 1. The first-order chi connectivity index (χ1) is 8.74. The average Bonchev–Trinajstić information content (AvgIpc) is 2.66. The van der Waals surface area contributed by atoms with Crippen LogP contribution in [-0.2, 0) is 11.2 Å². The van der Waals surface area contributed by atoms with Crippen molar-refractivity contribution in [2.45, 2.75) is 12.5 Å². The zero-order chi connectivity index (χ0) is 12.5. The van der Waals surface area contributed by atoms with Gasteiger partial charge in [-0.1, -0.05) is 18.2 Å². The Morgan fingerprint density at radius 3 is 3.06 bits per heavy atom. The number of amides is 1. The predicted octanol–water partition coefficient (Wildman–Crippen LogP) is 0.479. The lowest BCUT2D eigenvalue weighted by molar-refractivity contribution is -0.117. The highest BCUT2D eigenvalue weighted by atomic mass is 16.2. The molecule has 1 unspecified atom stereocenters. The molecule has 0 saturated carbocycles. The number of hydrogen-bond acceptors (Lipinski definition) is 3. The molecule has 2 aliphatic heterocycles. The third-order valence-corrected chi connectivity index (χ3v) is 3.79. The fraction of sp³-hybridized carbons (Fsp3) is 0.500. The van der Waals surface area contributed by atoms with Crippen molar-refractivity contribution in [2.24, 2.45) is 0 Å². The Labute approximate surface area is 108 Å². The van der Waals surface area contributed by atoms with Crippen LogP contribution in [0.1, 0.15) is 5.56 Å². The van der Waals surface area contributed by atoms with Crippen LogP contribution >= 0.6 is 0 Å². The molecule has 96 valence electrons. The van der Waals surface area contributed by atoms with Gasteiger partial charge in [-0.2, -0.15) is 0 Å². The summed E-state index contributed by atoms with van der Waals surface area (Å²) in [6.45, 7) is 3.87. The minimum absolute atomic E-state index is 0.228. The zero-order valence-corrected chi connectivity index (χ0v) is 10.7. The molecule has 4 nitrogen and oxygen atoms in total. The molecule has 1 amide bonds. The number of nitrogens with zero attached hydrogens (tertiary/aromatic N) is 2. The van der Waals surface area contributed by atoms with Crippen molar-refractivity contribution in [3.8, 4) is 0 Å². The Kier molecular flexibility index (Phi) is 3.06. The number of fused-ring (bicyclic) bond motifs is 1. The Hall–Kier alpha value is -1.39. The van der Waals surface area contributed by atoms with Gasteiger partial charge in [-0.15, -0.1) is 0 Å². The number of rotatable bonds is 2. The monoisotopic (exact) mass is 245 g/mol. The third-order valence-electron chi connectivity index (χ3n) is 3.79. The highest BCUT2D eigenvalue weighted by Crippen LogP contribution is 2.28. The summed E-state index contributed by atoms with van der Waals surface area (Å²) >= 11 is 0. The van der Waals surface area contributed by atoms with Crippen LogP contribution in [0.2, 0.25) is 0 Å². The average molecular weight is 245 g/mol. The van der Waals surface area contributed by atoms with Gasteiger partial charge in [0.25, 0.3) is 0 Å². The van der Waals surface area contributed by atoms with Gasteiger partial charge in [0, 0.05) is 37.9 Å². The van der Waals surface area contributed by atoms with Crippen molar-refractivity contribution in [1.29, 1.82) is 0 Å². The van der Waals surface area contributed by atoms with E-state index in [1.165, 1.54) is 0 Å². The summed E-state index contributed by atoms with van der Waals surface area (Å²) in [5, 5.41) is 3.49. The molecule has 2 aliphatic rings. The molecule has 1 aromatic rings. The summed E-state index contributed by atoms with van der Waals surface area (Å²) in [5.41, 5.74) is 2.25. The van der Waals surface area contributed by atoms with E-state index in [-0.39, 0.29) is 5.91 Å². The Morgan fingerprint density at radius 1 is 1.39 bits per heavy atom. The van der Waals surface area contributed by atoms with Gasteiger partial charge in [-0.3, -0.25) is 4.79 Å². The molecule has 1 fully saturated rings. The third kappa shape index (κ3) is 2.13. The lowest BCUT2D eigenvalue weighted by Gasteiger charge is -2.33. The Balaban J connectivity index is 1.74. The summed E-state index contributed by atoms with van der Waals surface area (Å²) in [7, 11) is 2.13. The van der Waals surface area contributed by atoms with E-state index < -0.39 is 0 Å². The number of benzene rings is 1. The highest BCUT2D eigenvalue weighted by Gasteiger charge is 2.29. The minimum Gasteiger partial charge on any atom is -0.310 e. The molecule has 3 rings (SSSR count). The molecule has 0 bridgehead atoms. The van der Waals surface area contributed by atoms with Crippen LogP contribution in [0.5, 0.6) is 0 Å². The standard InChI is InChI=1S/C14H19N3O/c1-16-7-6-15-12(9-16)10-17-13-5-3-2-4-11(13)8-14(17)18/h2-5,12,15H,6-10H2,1H3.